The van der Waals surface area contributed by atoms with Crippen molar-refractivity contribution < 1.29 is 9.69 Å². The molecule has 152 valence electrons. The maximum absolute atomic E-state index is 13.5. The van der Waals surface area contributed by atoms with Crippen molar-refractivity contribution >= 4 is 17.5 Å². The van der Waals surface area contributed by atoms with Crippen LogP contribution in [0.1, 0.15) is 49.4 Å². The fourth-order valence-electron chi connectivity index (χ4n) is 3.97. The minimum Gasteiger partial charge on any atom is -0.332 e. The Morgan fingerprint density at radius 3 is 2.54 bits per heavy atom. The average molecular weight is 404 g/mol. The van der Waals surface area contributed by atoms with Crippen molar-refractivity contribution in [2.24, 2.45) is 5.92 Å². The lowest BCUT2D eigenvalue weighted by atomic mass is 10.0. The molecule has 0 atom stereocenters. The van der Waals surface area contributed by atoms with Crippen LogP contribution in [0.5, 0.6) is 0 Å². The summed E-state index contributed by atoms with van der Waals surface area (Å²) in [5.41, 5.74) is 3.60. The summed E-state index contributed by atoms with van der Waals surface area (Å²) in [5, 5.41) is 5.56. The molecule has 3 rings (SSSR count). The molecule has 6 heteroatoms. The number of aromatic nitrogens is 2. The van der Waals surface area contributed by atoms with Crippen LogP contribution in [0.15, 0.2) is 24.3 Å². The fourth-order valence-corrected chi connectivity index (χ4v) is 4.15. The number of hydrogen-bond donors (Lipinski definition) is 1. The van der Waals surface area contributed by atoms with Gasteiger partial charge < -0.3 is 9.80 Å². The molecule has 1 saturated heterocycles. The van der Waals surface area contributed by atoms with Gasteiger partial charge in [-0.1, -0.05) is 38.4 Å². The summed E-state index contributed by atoms with van der Waals surface area (Å²) in [6.45, 7) is 13.4. The number of nitrogens with one attached hydrogen (secondary N) is 1. The summed E-state index contributed by atoms with van der Waals surface area (Å²) in [5.74, 6) is 0.566. The Labute approximate surface area is 173 Å². The maximum Gasteiger partial charge on any atom is 0.258 e. The van der Waals surface area contributed by atoms with Gasteiger partial charge in [0.15, 0.2) is 0 Å². The molecule has 1 aliphatic heterocycles. The Kier molecular flexibility index (Phi) is 6.78. The Balaban J connectivity index is 2.01. The highest BCUT2D eigenvalue weighted by Crippen LogP contribution is 2.25. The first kappa shape index (κ1) is 20.9. The normalized spacial score (nSPS) is 15.4. The number of rotatable bonds is 6. The second-order valence-electron chi connectivity index (χ2n) is 8.01. The van der Waals surface area contributed by atoms with Crippen molar-refractivity contribution in [1.82, 2.24) is 14.7 Å². The first-order valence-corrected chi connectivity index (χ1v) is 10.8. The number of likely N-dealkylation sites (N-methyl/N-ethyl adjacent to an activating group) is 1. The second-order valence-corrected chi connectivity index (χ2v) is 8.44. The van der Waals surface area contributed by atoms with Crippen LogP contribution in [-0.2, 0) is 12.8 Å². The van der Waals surface area contributed by atoms with Crippen molar-refractivity contribution in [2.45, 2.75) is 40.5 Å². The van der Waals surface area contributed by atoms with E-state index in [0.29, 0.717) is 10.9 Å². The summed E-state index contributed by atoms with van der Waals surface area (Å²) >= 11 is 6.21. The molecule has 28 heavy (non-hydrogen) atoms. The molecule has 0 aliphatic carbocycles. The van der Waals surface area contributed by atoms with Crippen LogP contribution in [0.4, 0.5) is 0 Å². The topological polar surface area (TPSA) is 42.6 Å². The number of piperazine rings is 1. The largest absolute Gasteiger partial charge is 0.332 e. The van der Waals surface area contributed by atoms with Gasteiger partial charge in [0.1, 0.15) is 0 Å². The summed E-state index contributed by atoms with van der Waals surface area (Å²) < 4.78 is 1.92. The van der Waals surface area contributed by atoms with Crippen molar-refractivity contribution in [3.8, 4) is 5.69 Å². The van der Waals surface area contributed by atoms with Gasteiger partial charge in [0.25, 0.3) is 5.91 Å². The molecule has 1 amide bonds. The summed E-state index contributed by atoms with van der Waals surface area (Å²) in [4.78, 5) is 17.1. The summed E-state index contributed by atoms with van der Waals surface area (Å²) in [6.07, 6.45) is 1.54. The van der Waals surface area contributed by atoms with Crippen LogP contribution in [0.3, 0.4) is 0 Å². The predicted octanol–water partition coefficient (Wildman–Crippen LogP) is 2.65. The number of halogens is 1. The van der Waals surface area contributed by atoms with Gasteiger partial charge in [0, 0.05) is 5.02 Å². The number of quaternary nitrogens is 1. The van der Waals surface area contributed by atoms with Gasteiger partial charge in [0.2, 0.25) is 0 Å². The van der Waals surface area contributed by atoms with Gasteiger partial charge >= 0.3 is 0 Å². The number of nitrogens with zero attached hydrogens (tertiary/aromatic N) is 3. The van der Waals surface area contributed by atoms with Gasteiger partial charge in [-0.25, -0.2) is 4.68 Å². The summed E-state index contributed by atoms with van der Waals surface area (Å²) in [6, 6.07) is 7.69. The zero-order valence-electron chi connectivity index (χ0n) is 17.5. The number of carbonyl (C=O) groups is 1. The molecule has 0 spiro atoms. The maximum atomic E-state index is 13.5. The standard InChI is InChI=1S/C22H31ClN4O/c1-5-20-21(22(28)26-12-10-25(6-2)11-13-26)19(14-16(3)4)24-27(20)18-9-7-8-17(23)15-18/h7-9,15-16H,5-6,10-14H2,1-4H3/p+1. The zero-order chi connectivity index (χ0) is 20.3. The third-order valence-corrected chi connectivity index (χ3v) is 5.75. The van der Waals surface area contributed by atoms with E-state index < -0.39 is 0 Å². The van der Waals surface area contributed by atoms with E-state index in [9.17, 15) is 4.79 Å². The van der Waals surface area contributed by atoms with Gasteiger partial charge in [-0.2, -0.15) is 5.10 Å². The Hall–Kier alpha value is -1.85. The highest BCUT2D eigenvalue weighted by Gasteiger charge is 2.30. The molecule has 2 aromatic rings. The van der Waals surface area contributed by atoms with Crippen LogP contribution in [0.2, 0.25) is 5.02 Å². The number of hydrogen-bond acceptors (Lipinski definition) is 2. The van der Waals surface area contributed by atoms with Crippen molar-refractivity contribution in [1.29, 1.82) is 0 Å². The molecule has 1 aromatic carbocycles. The number of benzene rings is 1. The molecular formula is C22H32ClN4O+. The first-order valence-electron chi connectivity index (χ1n) is 10.4. The van der Waals surface area contributed by atoms with E-state index in [4.69, 9.17) is 16.7 Å². The molecule has 5 nitrogen and oxygen atoms in total. The summed E-state index contributed by atoms with van der Waals surface area (Å²) in [7, 11) is 0. The molecule has 2 heterocycles. The van der Waals surface area contributed by atoms with E-state index in [-0.39, 0.29) is 5.91 Å². The molecule has 1 fully saturated rings. The average Bonchev–Trinajstić information content (AvgIpc) is 3.05. The van der Waals surface area contributed by atoms with Gasteiger partial charge in [-0.3, -0.25) is 4.79 Å². The highest BCUT2D eigenvalue weighted by atomic mass is 35.5. The van der Waals surface area contributed by atoms with E-state index in [0.717, 1.165) is 68.2 Å². The van der Waals surface area contributed by atoms with E-state index >= 15 is 0 Å². The highest BCUT2D eigenvalue weighted by molar-refractivity contribution is 6.30. The van der Waals surface area contributed by atoms with Crippen LogP contribution in [0.25, 0.3) is 5.69 Å². The second kappa shape index (κ2) is 9.10. The van der Waals surface area contributed by atoms with Gasteiger partial charge in [-0.05, 0) is 43.9 Å². The monoisotopic (exact) mass is 403 g/mol. The molecular weight excluding hydrogens is 372 g/mol. The van der Waals surface area contributed by atoms with Crippen molar-refractivity contribution in [2.75, 3.05) is 32.7 Å². The molecule has 0 bridgehead atoms. The minimum atomic E-state index is 0.135. The van der Waals surface area contributed by atoms with Crippen molar-refractivity contribution in [3.05, 3.63) is 46.2 Å². The number of carbonyl (C=O) groups excluding carboxylic acids is 1. The fraction of sp³-hybridized carbons (Fsp3) is 0.545. The smallest absolute Gasteiger partial charge is 0.258 e. The lowest BCUT2D eigenvalue weighted by Crippen LogP contribution is -3.14. The van der Waals surface area contributed by atoms with E-state index in [1.165, 1.54) is 0 Å². The predicted molar refractivity (Wildman–Crippen MR) is 114 cm³/mol. The van der Waals surface area contributed by atoms with Crippen LogP contribution < -0.4 is 4.90 Å². The lowest BCUT2D eigenvalue weighted by molar-refractivity contribution is -0.902. The van der Waals surface area contributed by atoms with Gasteiger partial charge in [0.05, 0.1) is 55.4 Å². The minimum absolute atomic E-state index is 0.135. The lowest BCUT2D eigenvalue weighted by Gasteiger charge is -2.31. The van der Waals surface area contributed by atoms with Crippen LogP contribution in [0, 0.1) is 5.92 Å². The molecule has 0 saturated carbocycles. The SMILES string of the molecule is CCc1c(C(=O)N2CC[NH+](CC)CC2)c(CC(C)C)nn1-c1cccc(Cl)c1. The van der Waals surface area contributed by atoms with Gasteiger partial charge in [-0.15, -0.1) is 0 Å². The van der Waals surface area contributed by atoms with E-state index in [1.54, 1.807) is 4.90 Å². The Bertz CT molecular complexity index is 822. The van der Waals surface area contributed by atoms with Crippen molar-refractivity contribution in [3.63, 3.8) is 0 Å². The molecule has 1 aromatic heterocycles. The third kappa shape index (κ3) is 4.41. The van der Waals surface area contributed by atoms with E-state index in [1.807, 2.05) is 33.8 Å². The Morgan fingerprint density at radius 2 is 1.96 bits per heavy atom. The quantitative estimate of drug-likeness (QED) is 0.805. The zero-order valence-corrected chi connectivity index (χ0v) is 18.2. The molecule has 0 unspecified atom stereocenters. The Morgan fingerprint density at radius 1 is 1.25 bits per heavy atom. The molecule has 0 radical (unpaired) electrons. The molecule has 1 N–H and O–H groups in total. The number of amides is 1. The molecule has 1 aliphatic rings. The van der Waals surface area contributed by atoms with Crippen LogP contribution in [-0.4, -0.2) is 53.3 Å². The first-order chi connectivity index (χ1) is 13.4. The third-order valence-electron chi connectivity index (χ3n) is 5.51. The van der Waals surface area contributed by atoms with Crippen LogP contribution >= 0.6 is 11.6 Å². The van der Waals surface area contributed by atoms with E-state index in [2.05, 4.69) is 27.7 Å².